The smallest absolute Gasteiger partial charge is 0.287 e. The molecule has 5 aromatic rings. The normalized spacial score (nSPS) is 14.1. The molecule has 0 atom stereocenters. The molecule has 0 amide bonds. The van der Waals surface area contributed by atoms with Gasteiger partial charge in [0.25, 0.3) is 5.56 Å². The molecule has 0 unspecified atom stereocenters. The van der Waals surface area contributed by atoms with Crippen LogP contribution in [0.5, 0.6) is 0 Å². The van der Waals surface area contributed by atoms with E-state index in [1.165, 1.54) is 22.0 Å². The number of nitrogens with zero attached hydrogens (tertiary/aromatic N) is 3. The van der Waals surface area contributed by atoms with Crippen LogP contribution in [0.4, 0.5) is 22.0 Å². The molecule has 0 aliphatic heterocycles. The molecule has 4 nitrogen and oxygen atoms in total. The molecule has 0 spiro atoms. The van der Waals surface area contributed by atoms with E-state index in [9.17, 15) is 26.7 Å². The topological polar surface area (TPSA) is 47.8 Å². The van der Waals surface area contributed by atoms with Gasteiger partial charge in [-0.3, -0.25) is 14.3 Å². The first-order valence-corrected chi connectivity index (χ1v) is 12.4. The molecule has 3 heterocycles. The van der Waals surface area contributed by atoms with Gasteiger partial charge in [0.2, 0.25) is 0 Å². The van der Waals surface area contributed by atoms with E-state index in [-0.39, 0.29) is 23.9 Å². The van der Waals surface area contributed by atoms with E-state index < -0.39 is 29.1 Å². The Labute approximate surface area is 215 Å². The summed E-state index contributed by atoms with van der Waals surface area (Å²) in [4.78, 5) is 22.5. The highest BCUT2D eigenvalue weighted by atomic mass is 35.5. The number of alkyl halides is 3. The molecule has 0 radical (unpaired) electrons. The van der Waals surface area contributed by atoms with Crippen LogP contribution in [0.2, 0.25) is 5.02 Å². The van der Waals surface area contributed by atoms with Gasteiger partial charge in [-0.2, -0.15) is 13.2 Å². The average Bonchev–Trinajstić information content (AvgIpc) is 3.62. The SMILES string of the molecule is O=c1c2c(nc(-c3cc(F)c(F)cc3C3CC3)n1Cc1ccc(C(F)(F)F)nc1)sc1cc(Cl)ccc12. The van der Waals surface area contributed by atoms with Gasteiger partial charge in [0.15, 0.2) is 11.6 Å². The Morgan fingerprint density at radius 2 is 1.81 bits per heavy atom. The first-order chi connectivity index (χ1) is 17.6. The minimum Gasteiger partial charge on any atom is -0.287 e. The summed E-state index contributed by atoms with van der Waals surface area (Å²) in [6, 6.07) is 9.29. The van der Waals surface area contributed by atoms with Crippen molar-refractivity contribution in [1.29, 1.82) is 0 Å². The van der Waals surface area contributed by atoms with E-state index in [0.29, 0.717) is 31.8 Å². The summed E-state index contributed by atoms with van der Waals surface area (Å²) in [7, 11) is 0. The highest BCUT2D eigenvalue weighted by molar-refractivity contribution is 7.25. The maximum atomic E-state index is 14.5. The average molecular weight is 548 g/mol. The number of halogens is 6. The second kappa shape index (κ2) is 8.59. The second-order valence-electron chi connectivity index (χ2n) is 8.93. The third-order valence-electron chi connectivity index (χ3n) is 6.36. The predicted molar refractivity (Wildman–Crippen MR) is 132 cm³/mol. The first kappa shape index (κ1) is 24.0. The van der Waals surface area contributed by atoms with Crippen molar-refractivity contribution in [3.8, 4) is 11.4 Å². The number of benzene rings is 2. The largest absolute Gasteiger partial charge is 0.433 e. The number of hydrogen-bond donors (Lipinski definition) is 0. The van der Waals surface area contributed by atoms with Crippen LogP contribution in [0.1, 0.15) is 35.6 Å². The Bertz CT molecular complexity index is 1760. The highest BCUT2D eigenvalue weighted by Crippen LogP contribution is 2.45. The van der Waals surface area contributed by atoms with Crippen LogP contribution >= 0.6 is 22.9 Å². The monoisotopic (exact) mass is 547 g/mol. The summed E-state index contributed by atoms with van der Waals surface area (Å²) in [5.74, 6) is -1.97. The molecule has 188 valence electrons. The number of aromatic nitrogens is 3. The van der Waals surface area contributed by atoms with Gasteiger partial charge < -0.3 is 0 Å². The molecule has 1 saturated carbocycles. The molecule has 3 aromatic heterocycles. The summed E-state index contributed by atoms with van der Waals surface area (Å²) in [5, 5.41) is 1.42. The minimum atomic E-state index is -4.61. The van der Waals surface area contributed by atoms with Gasteiger partial charge in [-0.25, -0.2) is 13.8 Å². The summed E-state index contributed by atoms with van der Waals surface area (Å²) in [5.41, 5.74) is -0.394. The van der Waals surface area contributed by atoms with Crippen molar-refractivity contribution >= 4 is 43.2 Å². The minimum absolute atomic E-state index is 0.0000919. The Hall–Kier alpha value is -3.37. The molecule has 0 N–H and O–H groups in total. The Morgan fingerprint density at radius 1 is 1.05 bits per heavy atom. The lowest BCUT2D eigenvalue weighted by atomic mass is 10.0. The number of rotatable bonds is 4. The highest BCUT2D eigenvalue weighted by Gasteiger charge is 2.32. The van der Waals surface area contributed by atoms with Gasteiger partial charge in [-0.1, -0.05) is 23.7 Å². The molecule has 37 heavy (non-hydrogen) atoms. The molecule has 11 heteroatoms. The van der Waals surface area contributed by atoms with Gasteiger partial charge in [0.1, 0.15) is 16.3 Å². The van der Waals surface area contributed by atoms with Crippen molar-refractivity contribution in [3.05, 3.63) is 92.5 Å². The van der Waals surface area contributed by atoms with Crippen LogP contribution < -0.4 is 5.56 Å². The van der Waals surface area contributed by atoms with Gasteiger partial charge >= 0.3 is 6.18 Å². The molecule has 1 aliphatic carbocycles. The van der Waals surface area contributed by atoms with Gasteiger partial charge in [-0.15, -0.1) is 11.3 Å². The zero-order valence-electron chi connectivity index (χ0n) is 18.7. The standard InChI is InChI=1S/C26H15ClF5N3OS/c27-14-4-5-15-20(7-14)37-24-22(15)25(36)35(11-12-1-6-21(33-10-12)26(30,31)32)23(34-24)17-9-19(29)18(28)8-16(17)13-2-3-13/h1,4-10,13H,2-3,11H2. The molecule has 2 aromatic carbocycles. The van der Waals surface area contributed by atoms with Crippen LogP contribution in [0.25, 0.3) is 31.7 Å². The maximum Gasteiger partial charge on any atom is 0.433 e. The number of pyridine rings is 1. The fraction of sp³-hybridized carbons (Fsp3) is 0.192. The fourth-order valence-corrected chi connectivity index (χ4v) is 5.78. The Morgan fingerprint density at radius 3 is 2.49 bits per heavy atom. The lowest BCUT2D eigenvalue weighted by Crippen LogP contribution is -2.24. The van der Waals surface area contributed by atoms with E-state index in [1.54, 1.807) is 18.2 Å². The third-order valence-corrected chi connectivity index (χ3v) is 7.64. The summed E-state index contributed by atoms with van der Waals surface area (Å²) in [6.45, 7) is -0.170. The number of thiophene rings is 1. The van der Waals surface area contributed by atoms with E-state index >= 15 is 0 Å². The summed E-state index contributed by atoms with van der Waals surface area (Å²) in [6.07, 6.45) is -1.99. The third kappa shape index (κ3) is 4.27. The molecule has 0 saturated heterocycles. The molecule has 1 aliphatic rings. The number of fused-ring (bicyclic) bond motifs is 3. The Balaban J connectivity index is 1.61. The molecular formula is C26H15ClF5N3OS. The lowest BCUT2D eigenvalue weighted by molar-refractivity contribution is -0.141. The van der Waals surface area contributed by atoms with Crippen molar-refractivity contribution in [2.24, 2.45) is 0 Å². The van der Waals surface area contributed by atoms with Crippen LogP contribution in [0.15, 0.2) is 53.5 Å². The zero-order valence-corrected chi connectivity index (χ0v) is 20.3. The van der Waals surface area contributed by atoms with E-state index in [4.69, 9.17) is 16.6 Å². The zero-order chi connectivity index (χ0) is 26.1. The number of hydrogen-bond acceptors (Lipinski definition) is 4. The molecule has 1 fully saturated rings. The van der Waals surface area contributed by atoms with Crippen LogP contribution in [-0.4, -0.2) is 14.5 Å². The quantitative estimate of drug-likeness (QED) is 0.218. The maximum absolute atomic E-state index is 14.5. The van der Waals surface area contributed by atoms with Crippen molar-refractivity contribution < 1.29 is 22.0 Å². The van der Waals surface area contributed by atoms with Crippen molar-refractivity contribution in [2.75, 3.05) is 0 Å². The van der Waals surface area contributed by atoms with Crippen LogP contribution in [-0.2, 0) is 12.7 Å². The van der Waals surface area contributed by atoms with E-state index in [2.05, 4.69) is 4.98 Å². The van der Waals surface area contributed by atoms with Gasteiger partial charge in [0, 0.05) is 26.9 Å². The second-order valence-corrected chi connectivity index (χ2v) is 10.4. The predicted octanol–water partition coefficient (Wildman–Crippen LogP) is 7.55. The fourth-order valence-electron chi connectivity index (χ4n) is 4.44. The van der Waals surface area contributed by atoms with Crippen molar-refractivity contribution in [1.82, 2.24) is 14.5 Å². The van der Waals surface area contributed by atoms with E-state index in [1.807, 2.05) is 0 Å². The van der Waals surface area contributed by atoms with E-state index in [0.717, 1.165) is 41.9 Å². The van der Waals surface area contributed by atoms with Crippen molar-refractivity contribution in [2.45, 2.75) is 31.5 Å². The summed E-state index contributed by atoms with van der Waals surface area (Å²) >= 11 is 7.37. The lowest BCUT2D eigenvalue weighted by Gasteiger charge is -2.16. The summed E-state index contributed by atoms with van der Waals surface area (Å²) < 4.78 is 69.7. The molecule has 0 bridgehead atoms. The van der Waals surface area contributed by atoms with Gasteiger partial charge in [0.05, 0.1) is 11.9 Å². The van der Waals surface area contributed by atoms with Crippen LogP contribution in [0.3, 0.4) is 0 Å². The van der Waals surface area contributed by atoms with Crippen LogP contribution in [0, 0.1) is 11.6 Å². The van der Waals surface area contributed by atoms with Gasteiger partial charge in [-0.05, 0) is 60.2 Å². The Kier molecular flexibility index (Phi) is 5.57. The van der Waals surface area contributed by atoms with Crippen molar-refractivity contribution in [3.63, 3.8) is 0 Å². The first-order valence-electron chi connectivity index (χ1n) is 11.2. The molecule has 6 rings (SSSR count). The molecular weight excluding hydrogens is 533 g/mol.